The predicted molar refractivity (Wildman–Crippen MR) is 82.2 cm³/mol. The van der Waals surface area contributed by atoms with E-state index in [0.29, 0.717) is 0 Å². The Kier molecular flexibility index (Phi) is 5.32. The lowest BCUT2D eigenvalue weighted by atomic mass is 10.00. The molecule has 20 heavy (non-hydrogen) atoms. The smallest absolute Gasteiger partial charge is 0.310 e. The average molecular weight is 289 g/mol. The molecule has 0 aliphatic heterocycles. The number of carboxylic acid groups (broad SMARTS) is 1. The van der Waals surface area contributed by atoms with Crippen molar-refractivity contribution in [3.8, 4) is 0 Å². The standard InChI is InChI=1S/C16H19NO2S/c1-12(16(18)19)15-4-2-13(3-5-15)10-17-8-6-14-7-9-20-11-14/h2-5,7,9,11-12,17H,6,8,10H2,1H3,(H,18,19). The van der Waals surface area contributed by atoms with E-state index in [4.69, 9.17) is 5.11 Å². The molecule has 0 saturated heterocycles. The van der Waals surface area contributed by atoms with Crippen LogP contribution in [0.3, 0.4) is 0 Å². The Bertz CT molecular complexity index is 534. The van der Waals surface area contributed by atoms with Crippen LogP contribution in [0, 0.1) is 0 Å². The average Bonchev–Trinajstić information content (AvgIpc) is 2.96. The molecule has 106 valence electrons. The van der Waals surface area contributed by atoms with Gasteiger partial charge in [-0.2, -0.15) is 11.3 Å². The summed E-state index contributed by atoms with van der Waals surface area (Å²) in [5.74, 6) is -1.23. The number of benzene rings is 1. The first kappa shape index (κ1) is 14.8. The number of rotatable bonds is 7. The third kappa shape index (κ3) is 4.18. The molecule has 2 N–H and O–H groups in total. The van der Waals surface area contributed by atoms with Crippen molar-refractivity contribution < 1.29 is 9.90 Å². The van der Waals surface area contributed by atoms with Gasteiger partial charge in [0.25, 0.3) is 0 Å². The van der Waals surface area contributed by atoms with E-state index in [1.807, 2.05) is 24.3 Å². The molecule has 0 radical (unpaired) electrons. The minimum Gasteiger partial charge on any atom is -0.481 e. The second-order valence-electron chi connectivity index (χ2n) is 4.86. The molecule has 1 unspecified atom stereocenters. The van der Waals surface area contributed by atoms with Gasteiger partial charge in [-0.05, 0) is 53.4 Å². The van der Waals surface area contributed by atoms with E-state index in [-0.39, 0.29) is 0 Å². The molecule has 0 aliphatic carbocycles. The molecule has 0 spiro atoms. The van der Waals surface area contributed by atoms with Crippen molar-refractivity contribution in [1.29, 1.82) is 0 Å². The summed E-state index contributed by atoms with van der Waals surface area (Å²) in [6.07, 6.45) is 1.04. The highest BCUT2D eigenvalue weighted by Crippen LogP contribution is 2.16. The molecular weight excluding hydrogens is 270 g/mol. The molecule has 0 amide bonds. The van der Waals surface area contributed by atoms with E-state index < -0.39 is 11.9 Å². The van der Waals surface area contributed by atoms with Gasteiger partial charge < -0.3 is 10.4 Å². The van der Waals surface area contributed by atoms with Crippen molar-refractivity contribution in [3.05, 3.63) is 57.8 Å². The maximum absolute atomic E-state index is 10.9. The van der Waals surface area contributed by atoms with Gasteiger partial charge in [0.15, 0.2) is 0 Å². The monoisotopic (exact) mass is 289 g/mol. The van der Waals surface area contributed by atoms with Crippen LogP contribution in [0.25, 0.3) is 0 Å². The van der Waals surface area contributed by atoms with Crippen LogP contribution in [0.5, 0.6) is 0 Å². The summed E-state index contributed by atoms with van der Waals surface area (Å²) in [7, 11) is 0. The Labute approximate surface area is 123 Å². The first-order valence-corrected chi connectivity index (χ1v) is 7.64. The van der Waals surface area contributed by atoms with Gasteiger partial charge in [0, 0.05) is 6.54 Å². The van der Waals surface area contributed by atoms with Crippen molar-refractivity contribution in [3.63, 3.8) is 0 Å². The van der Waals surface area contributed by atoms with Crippen molar-refractivity contribution >= 4 is 17.3 Å². The van der Waals surface area contributed by atoms with Crippen molar-refractivity contribution in [2.45, 2.75) is 25.8 Å². The maximum Gasteiger partial charge on any atom is 0.310 e. The first-order valence-electron chi connectivity index (χ1n) is 6.70. The van der Waals surface area contributed by atoms with Crippen LogP contribution in [0.1, 0.15) is 29.5 Å². The van der Waals surface area contributed by atoms with Gasteiger partial charge in [-0.15, -0.1) is 0 Å². The lowest BCUT2D eigenvalue weighted by molar-refractivity contribution is -0.138. The molecule has 2 rings (SSSR count). The van der Waals surface area contributed by atoms with Gasteiger partial charge in [-0.1, -0.05) is 24.3 Å². The van der Waals surface area contributed by atoms with E-state index in [0.717, 1.165) is 25.1 Å². The van der Waals surface area contributed by atoms with Crippen LogP contribution >= 0.6 is 11.3 Å². The Hall–Kier alpha value is -1.65. The fourth-order valence-electron chi connectivity index (χ4n) is 1.97. The normalized spacial score (nSPS) is 12.2. The molecule has 0 saturated carbocycles. The molecule has 1 heterocycles. The summed E-state index contributed by atoms with van der Waals surface area (Å²) in [4.78, 5) is 10.9. The molecule has 0 aliphatic rings. The highest BCUT2D eigenvalue weighted by Gasteiger charge is 2.12. The number of carboxylic acids is 1. The van der Waals surface area contributed by atoms with Gasteiger partial charge in [-0.3, -0.25) is 4.79 Å². The maximum atomic E-state index is 10.9. The minimum atomic E-state index is -0.786. The molecule has 3 nitrogen and oxygen atoms in total. The Morgan fingerprint density at radius 3 is 2.60 bits per heavy atom. The largest absolute Gasteiger partial charge is 0.481 e. The number of thiophene rings is 1. The van der Waals surface area contributed by atoms with Crippen LogP contribution in [0.4, 0.5) is 0 Å². The molecule has 0 fully saturated rings. The zero-order chi connectivity index (χ0) is 14.4. The molecule has 0 bridgehead atoms. The van der Waals surface area contributed by atoms with Crippen molar-refractivity contribution in [2.75, 3.05) is 6.54 Å². The van der Waals surface area contributed by atoms with Crippen LogP contribution in [-0.2, 0) is 17.8 Å². The summed E-state index contributed by atoms with van der Waals surface area (Å²) in [6, 6.07) is 9.93. The third-order valence-electron chi connectivity index (χ3n) is 3.35. The highest BCUT2D eigenvalue weighted by molar-refractivity contribution is 7.07. The summed E-state index contributed by atoms with van der Waals surface area (Å²) in [6.45, 7) is 3.46. The molecule has 1 atom stereocenters. The quantitative estimate of drug-likeness (QED) is 0.769. The van der Waals surface area contributed by atoms with Gasteiger partial charge in [0.2, 0.25) is 0 Å². The van der Waals surface area contributed by atoms with E-state index in [1.165, 1.54) is 11.1 Å². The van der Waals surface area contributed by atoms with Crippen LogP contribution < -0.4 is 5.32 Å². The summed E-state index contributed by atoms with van der Waals surface area (Å²) in [5, 5.41) is 16.6. The van der Waals surface area contributed by atoms with Crippen LogP contribution in [0.15, 0.2) is 41.1 Å². The SMILES string of the molecule is CC(C(=O)O)c1ccc(CNCCc2ccsc2)cc1. The third-order valence-corrected chi connectivity index (χ3v) is 4.08. The predicted octanol–water partition coefficient (Wildman–Crippen LogP) is 3.27. The lowest BCUT2D eigenvalue weighted by Crippen LogP contribution is -2.16. The first-order chi connectivity index (χ1) is 9.66. The summed E-state index contributed by atoms with van der Waals surface area (Å²) < 4.78 is 0. The van der Waals surface area contributed by atoms with Gasteiger partial charge in [0.1, 0.15) is 0 Å². The molecule has 4 heteroatoms. The van der Waals surface area contributed by atoms with Gasteiger partial charge in [0.05, 0.1) is 5.92 Å². The fourth-order valence-corrected chi connectivity index (χ4v) is 2.67. The van der Waals surface area contributed by atoms with Crippen molar-refractivity contribution in [1.82, 2.24) is 5.32 Å². The zero-order valence-corrected chi connectivity index (χ0v) is 12.3. The minimum absolute atomic E-state index is 0.449. The van der Waals surface area contributed by atoms with Gasteiger partial charge >= 0.3 is 5.97 Å². The van der Waals surface area contributed by atoms with Crippen LogP contribution in [0.2, 0.25) is 0 Å². The van der Waals surface area contributed by atoms with E-state index in [1.54, 1.807) is 18.3 Å². The van der Waals surface area contributed by atoms with E-state index >= 15 is 0 Å². The molecular formula is C16H19NO2S. The Morgan fingerprint density at radius 1 is 1.25 bits per heavy atom. The Morgan fingerprint density at radius 2 is 2.00 bits per heavy atom. The number of hydrogen-bond donors (Lipinski definition) is 2. The lowest BCUT2D eigenvalue weighted by Gasteiger charge is -2.08. The second-order valence-corrected chi connectivity index (χ2v) is 5.64. The van der Waals surface area contributed by atoms with Crippen molar-refractivity contribution in [2.24, 2.45) is 0 Å². The van der Waals surface area contributed by atoms with E-state index in [9.17, 15) is 4.79 Å². The van der Waals surface area contributed by atoms with E-state index in [2.05, 4.69) is 22.1 Å². The topological polar surface area (TPSA) is 49.3 Å². The Balaban J connectivity index is 1.77. The van der Waals surface area contributed by atoms with Gasteiger partial charge in [-0.25, -0.2) is 0 Å². The zero-order valence-electron chi connectivity index (χ0n) is 11.5. The fraction of sp³-hybridized carbons (Fsp3) is 0.312. The molecule has 1 aromatic heterocycles. The second kappa shape index (κ2) is 7.22. The molecule has 1 aromatic carbocycles. The summed E-state index contributed by atoms with van der Waals surface area (Å²) in [5.41, 5.74) is 3.39. The van der Waals surface area contributed by atoms with Crippen LogP contribution in [-0.4, -0.2) is 17.6 Å². The number of hydrogen-bond acceptors (Lipinski definition) is 3. The number of aliphatic carboxylic acids is 1. The highest BCUT2D eigenvalue weighted by atomic mass is 32.1. The molecule has 2 aromatic rings. The summed E-state index contributed by atoms with van der Waals surface area (Å²) >= 11 is 1.72. The number of nitrogens with one attached hydrogen (secondary N) is 1. The number of carbonyl (C=O) groups is 1.